The standard InChI is InChI=1S/C8H8ClF2N3O2/c9-6-1-4(7(16)13-12-6)14-2-5(15)8(10,11)3-14/h1,5,15H,2-3H2,(H,13,16). The maximum absolute atomic E-state index is 13.1. The van der Waals surface area contributed by atoms with Crippen LogP contribution < -0.4 is 10.5 Å². The molecule has 1 fully saturated rings. The largest absolute Gasteiger partial charge is 0.385 e. The van der Waals surface area contributed by atoms with Gasteiger partial charge in [-0.15, -0.1) is 0 Å². The molecule has 8 heteroatoms. The zero-order valence-corrected chi connectivity index (χ0v) is 8.71. The number of aliphatic hydroxyl groups is 1. The molecule has 0 amide bonds. The zero-order valence-electron chi connectivity index (χ0n) is 7.95. The van der Waals surface area contributed by atoms with Gasteiger partial charge >= 0.3 is 0 Å². The second-order valence-corrected chi connectivity index (χ2v) is 3.95. The van der Waals surface area contributed by atoms with Gasteiger partial charge in [0.25, 0.3) is 11.5 Å². The Bertz CT molecular complexity index is 465. The molecule has 2 N–H and O–H groups in total. The summed E-state index contributed by atoms with van der Waals surface area (Å²) < 4.78 is 26.1. The summed E-state index contributed by atoms with van der Waals surface area (Å²) in [5.74, 6) is -3.22. The summed E-state index contributed by atoms with van der Waals surface area (Å²) in [7, 11) is 0. The van der Waals surface area contributed by atoms with E-state index in [1.807, 2.05) is 0 Å². The van der Waals surface area contributed by atoms with Crippen LogP contribution in [-0.2, 0) is 0 Å². The average Bonchev–Trinajstić information content (AvgIpc) is 2.45. The Kier molecular flexibility index (Phi) is 2.59. The van der Waals surface area contributed by atoms with Crippen LogP contribution in [-0.4, -0.2) is 40.4 Å². The molecule has 1 aromatic rings. The van der Waals surface area contributed by atoms with Crippen molar-refractivity contribution < 1.29 is 13.9 Å². The van der Waals surface area contributed by atoms with Crippen molar-refractivity contribution in [1.82, 2.24) is 10.2 Å². The Balaban J connectivity index is 2.34. The van der Waals surface area contributed by atoms with Crippen LogP contribution in [0.15, 0.2) is 10.9 Å². The minimum Gasteiger partial charge on any atom is -0.385 e. The number of halogens is 3. The molecule has 16 heavy (non-hydrogen) atoms. The molecular weight excluding hydrogens is 244 g/mol. The Morgan fingerprint density at radius 2 is 2.38 bits per heavy atom. The minimum absolute atomic E-state index is 0.000642. The van der Waals surface area contributed by atoms with E-state index in [9.17, 15) is 13.6 Å². The lowest BCUT2D eigenvalue weighted by Gasteiger charge is -2.15. The van der Waals surface area contributed by atoms with Crippen LogP contribution in [0.1, 0.15) is 0 Å². The highest BCUT2D eigenvalue weighted by molar-refractivity contribution is 6.29. The summed E-state index contributed by atoms with van der Waals surface area (Å²) in [6.07, 6.45) is -1.78. The summed E-state index contributed by atoms with van der Waals surface area (Å²) >= 11 is 5.54. The Morgan fingerprint density at radius 3 is 2.94 bits per heavy atom. The molecule has 0 saturated carbocycles. The predicted molar refractivity (Wildman–Crippen MR) is 53.0 cm³/mol. The molecule has 2 rings (SSSR count). The topological polar surface area (TPSA) is 69.2 Å². The maximum atomic E-state index is 13.1. The van der Waals surface area contributed by atoms with Gasteiger partial charge in [0.1, 0.15) is 11.8 Å². The normalized spacial score (nSPS) is 23.8. The number of hydrogen-bond acceptors (Lipinski definition) is 4. The van der Waals surface area contributed by atoms with Crippen molar-refractivity contribution in [1.29, 1.82) is 0 Å². The molecule has 0 aliphatic carbocycles. The summed E-state index contributed by atoms with van der Waals surface area (Å²) in [6.45, 7) is -1.02. The third-order valence-electron chi connectivity index (χ3n) is 2.38. The van der Waals surface area contributed by atoms with E-state index in [1.54, 1.807) is 0 Å². The van der Waals surface area contributed by atoms with Gasteiger partial charge in [0.2, 0.25) is 0 Å². The molecule has 1 aliphatic rings. The summed E-state index contributed by atoms with van der Waals surface area (Å²) in [5.41, 5.74) is -0.634. The summed E-state index contributed by atoms with van der Waals surface area (Å²) in [6, 6.07) is 1.19. The first-order valence-corrected chi connectivity index (χ1v) is 4.84. The number of H-pyrrole nitrogens is 1. The minimum atomic E-state index is -3.22. The summed E-state index contributed by atoms with van der Waals surface area (Å²) in [5, 5.41) is 14.6. The quantitative estimate of drug-likeness (QED) is 0.750. The van der Waals surface area contributed by atoms with Crippen molar-refractivity contribution in [2.24, 2.45) is 0 Å². The van der Waals surface area contributed by atoms with E-state index in [4.69, 9.17) is 16.7 Å². The van der Waals surface area contributed by atoms with Gasteiger partial charge in [-0.3, -0.25) is 4.79 Å². The van der Waals surface area contributed by atoms with Crippen molar-refractivity contribution >= 4 is 17.3 Å². The van der Waals surface area contributed by atoms with E-state index >= 15 is 0 Å². The van der Waals surface area contributed by atoms with Crippen molar-refractivity contribution in [3.05, 3.63) is 21.6 Å². The van der Waals surface area contributed by atoms with Crippen molar-refractivity contribution in [3.8, 4) is 0 Å². The highest BCUT2D eigenvalue weighted by Gasteiger charge is 2.47. The lowest BCUT2D eigenvalue weighted by molar-refractivity contribution is -0.0712. The number of aromatic amines is 1. The molecule has 1 aliphatic heterocycles. The zero-order chi connectivity index (χ0) is 11.9. The molecule has 1 atom stereocenters. The van der Waals surface area contributed by atoms with Crippen molar-refractivity contribution in [2.75, 3.05) is 18.0 Å². The van der Waals surface area contributed by atoms with Gasteiger partial charge in [-0.2, -0.15) is 5.10 Å². The number of hydrogen-bond donors (Lipinski definition) is 2. The molecule has 1 saturated heterocycles. The first-order valence-electron chi connectivity index (χ1n) is 4.46. The molecule has 1 unspecified atom stereocenters. The van der Waals surface area contributed by atoms with Gasteiger partial charge in [-0.1, -0.05) is 11.6 Å². The lowest BCUT2D eigenvalue weighted by Crippen LogP contribution is -2.31. The average molecular weight is 252 g/mol. The molecule has 88 valence electrons. The van der Waals surface area contributed by atoms with E-state index in [2.05, 4.69) is 10.2 Å². The molecule has 0 radical (unpaired) electrons. The van der Waals surface area contributed by atoms with Crippen LogP contribution in [0.3, 0.4) is 0 Å². The van der Waals surface area contributed by atoms with E-state index in [1.165, 1.54) is 6.07 Å². The molecule has 0 bridgehead atoms. The highest BCUT2D eigenvalue weighted by atomic mass is 35.5. The highest BCUT2D eigenvalue weighted by Crippen LogP contribution is 2.30. The SMILES string of the molecule is O=c1[nH]nc(Cl)cc1N1CC(O)C(F)(F)C1. The number of rotatable bonds is 1. The van der Waals surface area contributed by atoms with Gasteiger partial charge < -0.3 is 10.0 Å². The lowest BCUT2D eigenvalue weighted by atomic mass is 10.2. The third kappa shape index (κ3) is 1.88. The van der Waals surface area contributed by atoms with Crippen LogP contribution in [0, 0.1) is 0 Å². The van der Waals surface area contributed by atoms with Crippen molar-refractivity contribution in [3.63, 3.8) is 0 Å². The number of alkyl halides is 2. The van der Waals surface area contributed by atoms with E-state index in [0.717, 1.165) is 4.90 Å². The molecule has 5 nitrogen and oxygen atoms in total. The van der Waals surface area contributed by atoms with Gasteiger partial charge in [0.15, 0.2) is 5.15 Å². The second-order valence-electron chi connectivity index (χ2n) is 3.56. The predicted octanol–water partition coefficient (Wildman–Crippen LogP) is 0.239. The molecule has 0 spiro atoms. The Morgan fingerprint density at radius 1 is 1.69 bits per heavy atom. The fourth-order valence-electron chi connectivity index (χ4n) is 1.56. The molecular formula is C8H8ClF2N3O2. The monoisotopic (exact) mass is 251 g/mol. The number of aliphatic hydroxyl groups excluding tert-OH is 1. The number of anilines is 1. The van der Waals surface area contributed by atoms with Gasteiger partial charge in [0, 0.05) is 6.07 Å². The first-order chi connectivity index (χ1) is 7.40. The number of nitrogens with one attached hydrogen (secondary N) is 1. The van der Waals surface area contributed by atoms with E-state index in [0.29, 0.717) is 0 Å². The van der Waals surface area contributed by atoms with E-state index < -0.39 is 24.1 Å². The molecule has 0 aromatic carbocycles. The van der Waals surface area contributed by atoms with Crippen molar-refractivity contribution in [2.45, 2.75) is 12.0 Å². The van der Waals surface area contributed by atoms with E-state index in [-0.39, 0.29) is 17.4 Å². The third-order valence-corrected chi connectivity index (χ3v) is 2.57. The molecule has 1 aromatic heterocycles. The van der Waals surface area contributed by atoms with Crippen LogP contribution in [0.4, 0.5) is 14.5 Å². The second kappa shape index (κ2) is 3.67. The fraction of sp³-hybridized carbons (Fsp3) is 0.500. The van der Waals surface area contributed by atoms with Gasteiger partial charge in [-0.25, -0.2) is 13.9 Å². The first kappa shape index (κ1) is 11.3. The van der Waals surface area contributed by atoms with Crippen LogP contribution in [0.25, 0.3) is 0 Å². The smallest absolute Gasteiger partial charge is 0.292 e. The van der Waals surface area contributed by atoms with Gasteiger partial charge in [0.05, 0.1) is 13.1 Å². The van der Waals surface area contributed by atoms with Gasteiger partial charge in [-0.05, 0) is 0 Å². The fourth-order valence-corrected chi connectivity index (χ4v) is 1.70. The molecule has 2 heterocycles. The summed E-state index contributed by atoms with van der Waals surface area (Å²) in [4.78, 5) is 12.4. The number of nitrogens with zero attached hydrogens (tertiary/aromatic N) is 2. The number of β-amino-alcohol motifs (C(OH)–C–C–N with tert-alkyl or cyclic N) is 1. The van der Waals surface area contributed by atoms with Crippen LogP contribution >= 0.6 is 11.6 Å². The van der Waals surface area contributed by atoms with Crippen LogP contribution in [0.5, 0.6) is 0 Å². The Labute approximate surface area is 93.6 Å². The number of aromatic nitrogens is 2. The van der Waals surface area contributed by atoms with Crippen LogP contribution in [0.2, 0.25) is 5.15 Å². The Hall–Kier alpha value is -1.21. The maximum Gasteiger partial charge on any atom is 0.292 e.